The van der Waals surface area contributed by atoms with Gasteiger partial charge in [0.1, 0.15) is 5.82 Å². The van der Waals surface area contributed by atoms with Gasteiger partial charge in [-0.05, 0) is 18.1 Å². The average Bonchev–Trinajstić information content (AvgIpc) is 2.30. The number of anilines is 2. The molecule has 5 N–H and O–H groups in total. The summed E-state index contributed by atoms with van der Waals surface area (Å²) in [5, 5.41) is 3.01. The topological polar surface area (TPSA) is 90.4 Å². The van der Waals surface area contributed by atoms with Crippen molar-refractivity contribution < 1.29 is 13.9 Å². The number of nitrogen functional groups attached to an aromatic ring is 1. The second-order valence-electron chi connectivity index (χ2n) is 4.73. The molecule has 1 unspecified atom stereocenters. The monoisotopic (exact) mass is 269 g/mol. The fourth-order valence-corrected chi connectivity index (χ4v) is 1.69. The minimum absolute atomic E-state index is 0.0309. The van der Waals surface area contributed by atoms with E-state index in [0.717, 1.165) is 6.07 Å². The third kappa shape index (κ3) is 3.82. The molecule has 1 aromatic rings. The number of rotatable bonds is 6. The molecule has 0 aliphatic carbocycles. The molecule has 106 valence electrons. The summed E-state index contributed by atoms with van der Waals surface area (Å²) in [6.45, 7) is 4.40. The molecule has 1 rings (SSSR count). The van der Waals surface area contributed by atoms with Gasteiger partial charge in [-0.1, -0.05) is 13.8 Å². The Balaban J connectivity index is 3.05. The zero-order chi connectivity index (χ0) is 14.6. The van der Waals surface area contributed by atoms with Gasteiger partial charge in [-0.2, -0.15) is 0 Å². The van der Waals surface area contributed by atoms with Crippen LogP contribution in [0.3, 0.4) is 0 Å². The summed E-state index contributed by atoms with van der Waals surface area (Å²) in [7, 11) is 1.57. The summed E-state index contributed by atoms with van der Waals surface area (Å²) < 4.78 is 18.9. The number of amides is 1. The number of methoxy groups -OCH3 is 1. The lowest BCUT2D eigenvalue weighted by molar-refractivity contribution is 0.100. The average molecular weight is 269 g/mol. The number of primary amides is 1. The number of carbonyl (C=O) groups is 1. The van der Waals surface area contributed by atoms with E-state index in [9.17, 15) is 9.18 Å². The molecule has 19 heavy (non-hydrogen) atoms. The van der Waals surface area contributed by atoms with Gasteiger partial charge < -0.3 is 21.5 Å². The van der Waals surface area contributed by atoms with Crippen LogP contribution in [-0.4, -0.2) is 25.7 Å². The van der Waals surface area contributed by atoms with E-state index in [1.807, 2.05) is 13.8 Å². The van der Waals surface area contributed by atoms with Crippen LogP contribution in [0.4, 0.5) is 15.8 Å². The van der Waals surface area contributed by atoms with Crippen LogP contribution in [0.15, 0.2) is 12.1 Å². The zero-order valence-electron chi connectivity index (χ0n) is 11.4. The van der Waals surface area contributed by atoms with Gasteiger partial charge in [0, 0.05) is 12.8 Å². The first-order chi connectivity index (χ1) is 8.86. The van der Waals surface area contributed by atoms with Gasteiger partial charge in [0.15, 0.2) is 0 Å². The Hall–Kier alpha value is -1.82. The summed E-state index contributed by atoms with van der Waals surface area (Å²) >= 11 is 0. The van der Waals surface area contributed by atoms with Crippen molar-refractivity contribution in [3.63, 3.8) is 0 Å². The van der Waals surface area contributed by atoms with E-state index < -0.39 is 11.7 Å². The lowest BCUT2D eigenvalue weighted by atomic mass is 10.0. The second-order valence-corrected chi connectivity index (χ2v) is 4.73. The normalized spacial score (nSPS) is 12.5. The van der Waals surface area contributed by atoms with Gasteiger partial charge >= 0.3 is 0 Å². The van der Waals surface area contributed by atoms with Crippen LogP contribution in [0.1, 0.15) is 24.2 Å². The van der Waals surface area contributed by atoms with Crippen molar-refractivity contribution in [2.75, 3.05) is 24.8 Å². The number of nitrogens with two attached hydrogens (primary N) is 2. The fraction of sp³-hybridized carbons (Fsp3) is 0.462. The summed E-state index contributed by atoms with van der Waals surface area (Å²) in [4.78, 5) is 11.2. The molecule has 0 spiro atoms. The van der Waals surface area contributed by atoms with Crippen molar-refractivity contribution in [3.05, 3.63) is 23.5 Å². The van der Waals surface area contributed by atoms with E-state index in [4.69, 9.17) is 16.2 Å². The fourth-order valence-electron chi connectivity index (χ4n) is 1.69. The third-order valence-electron chi connectivity index (χ3n) is 2.90. The Labute approximate surface area is 112 Å². The standard InChI is InChI=1S/C13H20FN3O2/c1-7(2)12(6-19-3)17-11-4-8(13(16)18)10(15)5-9(11)14/h4-5,7,12,17H,6,15H2,1-3H3,(H2,16,18). The van der Waals surface area contributed by atoms with Gasteiger partial charge in [0.25, 0.3) is 5.91 Å². The number of carbonyl (C=O) groups excluding carboxylic acids is 1. The Morgan fingerprint density at radius 1 is 1.47 bits per heavy atom. The number of benzene rings is 1. The molecule has 1 amide bonds. The quantitative estimate of drug-likeness (QED) is 0.684. The van der Waals surface area contributed by atoms with Crippen LogP contribution in [0.2, 0.25) is 0 Å². The molecule has 0 aliphatic heterocycles. The molecule has 0 saturated heterocycles. The molecule has 0 aromatic heterocycles. The lowest BCUT2D eigenvalue weighted by Gasteiger charge is -2.23. The Kier molecular flexibility index (Phi) is 5.11. The molecule has 0 radical (unpaired) electrons. The van der Waals surface area contributed by atoms with E-state index in [0.29, 0.717) is 6.61 Å². The molecule has 0 fully saturated rings. The van der Waals surface area contributed by atoms with Crippen molar-refractivity contribution in [1.29, 1.82) is 0 Å². The van der Waals surface area contributed by atoms with Crippen LogP contribution in [0, 0.1) is 11.7 Å². The SMILES string of the molecule is COCC(Nc1cc(C(N)=O)c(N)cc1F)C(C)C. The first-order valence-electron chi connectivity index (χ1n) is 6.01. The minimum atomic E-state index is -0.687. The minimum Gasteiger partial charge on any atom is -0.398 e. The van der Waals surface area contributed by atoms with Gasteiger partial charge in [-0.25, -0.2) is 4.39 Å². The summed E-state index contributed by atoms with van der Waals surface area (Å²) in [5.74, 6) is -0.980. The highest BCUT2D eigenvalue weighted by Crippen LogP contribution is 2.23. The smallest absolute Gasteiger partial charge is 0.250 e. The molecule has 6 heteroatoms. The van der Waals surface area contributed by atoms with Gasteiger partial charge in [0.05, 0.1) is 23.9 Å². The van der Waals surface area contributed by atoms with Gasteiger partial charge in [-0.15, -0.1) is 0 Å². The molecular weight excluding hydrogens is 249 g/mol. The molecule has 0 bridgehead atoms. The first-order valence-corrected chi connectivity index (χ1v) is 6.01. The summed E-state index contributed by atoms with van der Waals surface area (Å²) in [5.41, 5.74) is 11.1. The van der Waals surface area contributed by atoms with Crippen molar-refractivity contribution in [2.24, 2.45) is 11.7 Å². The van der Waals surface area contributed by atoms with E-state index in [1.54, 1.807) is 7.11 Å². The maximum absolute atomic E-state index is 13.8. The maximum atomic E-state index is 13.8. The van der Waals surface area contributed by atoms with E-state index in [-0.39, 0.29) is 28.9 Å². The first kappa shape index (κ1) is 15.2. The predicted octanol–water partition coefficient (Wildman–Crippen LogP) is 1.59. The van der Waals surface area contributed by atoms with Gasteiger partial charge in [0.2, 0.25) is 0 Å². The number of ether oxygens (including phenoxy) is 1. The van der Waals surface area contributed by atoms with Crippen molar-refractivity contribution in [2.45, 2.75) is 19.9 Å². The van der Waals surface area contributed by atoms with E-state index in [2.05, 4.69) is 5.32 Å². The van der Waals surface area contributed by atoms with Crippen LogP contribution in [-0.2, 0) is 4.74 Å². The van der Waals surface area contributed by atoms with Crippen LogP contribution in [0.5, 0.6) is 0 Å². The maximum Gasteiger partial charge on any atom is 0.250 e. The Morgan fingerprint density at radius 3 is 2.58 bits per heavy atom. The van der Waals surface area contributed by atoms with Gasteiger partial charge in [-0.3, -0.25) is 4.79 Å². The second kappa shape index (κ2) is 6.38. The van der Waals surface area contributed by atoms with Crippen molar-refractivity contribution >= 4 is 17.3 Å². The number of hydrogen-bond acceptors (Lipinski definition) is 4. The van der Waals surface area contributed by atoms with E-state index in [1.165, 1.54) is 6.07 Å². The molecule has 5 nitrogen and oxygen atoms in total. The molecule has 1 atom stereocenters. The highest BCUT2D eigenvalue weighted by atomic mass is 19.1. The van der Waals surface area contributed by atoms with Crippen LogP contribution in [0.25, 0.3) is 0 Å². The summed E-state index contributed by atoms with van der Waals surface area (Å²) in [6, 6.07) is 2.34. The molecule has 0 heterocycles. The van der Waals surface area contributed by atoms with Crippen LogP contribution < -0.4 is 16.8 Å². The molecular formula is C13H20FN3O2. The highest BCUT2D eigenvalue weighted by Gasteiger charge is 2.17. The third-order valence-corrected chi connectivity index (χ3v) is 2.90. The van der Waals surface area contributed by atoms with Crippen LogP contribution >= 0.6 is 0 Å². The number of nitrogens with one attached hydrogen (secondary N) is 1. The predicted molar refractivity (Wildman–Crippen MR) is 73.5 cm³/mol. The molecule has 1 aromatic carbocycles. The number of halogens is 1. The van der Waals surface area contributed by atoms with E-state index >= 15 is 0 Å². The molecule has 0 aliphatic rings. The van der Waals surface area contributed by atoms with Crippen molar-refractivity contribution in [1.82, 2.24) is 0 Å². The zero-order valence-corrected chi connectivity index (χ0v) is 11.4. The molecule has 0 saturated carbocycles. The number of hydrogen-bond donors (Lipinski definition) is 3. The Morgan fingerprint density at radius 2 is 2.11 bits per heavy atom. The summed E-state index contributed by atoms with van der Waals surface area (Å²) in [6.07, 6.45) is 0. The highest BCUT2D eigenvalue weighted by molar-refractivity contribution is 5.99. The van der Waals surface area contributed by atoms with Crippen molar-refractivity contribution in [3.8, 4) is 0 Å². The Bertz CT molecular complexity index is 463. The largest absolute Gasteiger partial charge is 0.398 e. The lowest BCUT2D eigenvalue weighted by Crippen LogP contribution is -2.31.